The fraction of sp³-hybridized carbons (Fsp3) is 0.741. The Balaban J connectivity index is 2.23. The van der Waals surface area contributed by atoms with Crippen molar-refractivity contribution in [1.82, 2.24) is 4.90 Å². The van der Waals surface area contributed by atoms with Crippen molar-refractivity contribution in [1.29, 1.82) is 0 Å². The molecule has 38 heavy (non-hydrogen) atoms. The van der Waals surface area contributed by atoms with Crippen molar-refractivity contribution < 1.29 is 42.0 Å². The van der Waals surface area contributed by atoms with Gasteiger partial charge in [-0.3, -0.25) is 0 Å². The zero-order valence-electron chi connectivity index (χ0n) is 23.2. The number of carbonyl (C=O) groups is 1. The molecule has 1 aromatic rings. The Morgan fingerprint density at radius 2 is 1.89 bits per heavy atom. The summed E-state index contributed by atoms with van der Waals surface area (Å²) >= 11 is 1.23. The van der Waals surface area contributed by atoms with Gasteiger partial charge in [0.25, 0.3) is 0 Å². The third-order valence-electron chi connectivity index (χ3n) is 6.18. The summed E-state index contributed by atoms with van der Waals surface area (Å²) in [5.41, 5.74) is -1.46. The number of halogens is 3. The number of carbonyl (C=O) groups excluding carboxylic acids is 1. The number of hydrogen-bond donors (Lipinski definition) is 1. The zero-order chi connectivity index (χ0) is 28.7. The number of aliphatic hydroxyl groups is 1. The Morgan fingerprint density at radius 3 is 2.47 bits per heavy atom. The maximum absolute atomic E-state index is 14.2. The molecule has 1 aromatic carbocycles. The molecule has 7 nitrogen and oxygen atoms in total. The van der Waals surface area contributed by atoms with Crippen LogP contribution in [-0.4, -0.2) is 96.2 Å². The molecule has 0 bridgehead atoms. The summed E-state index contributed by atoms with van der Waals surface area (Å²) < 4.78 is 63.3. The van der Waals surface area contributed by atoms with Gasteiger partial charge in [0.2, 0.25) is 0 Å². The third-order valence-corrected chi connectivity index (χ3v) is 7.50. The van der Waals surface area contributed by atoms with Crippen molar-refractivity contribution in [2.24, 2.45) is 5.41 Å². The summed E-state index contributed by atoms with van der Waals surface area (Å²) in [7, 11) is 0. The average molecular weight is 610 g/mol. The van der Waals surface area contributed by atoms with Gasteiger partial charge in [0, 0.05) is 0 Å². The monoisotopic (exact) mass is 609 g/mol. The molecule has 1 amide bonds. The van der Waals surface area contributed by atoms with E-state index in [9.17, 15) is 23.1 Å². The van der Waals surface area contributed by atoms with Crippen molar-refractivity contribution >= 4 is 22.9 Å². The van der Waals surface area contributed by atoms with E-state index in [0.29, 0.717) is 24.3 Å². The summed E-state index contributed by atoms with van der Waals surface area (Å²) in [6.07, 6.45) is -1.53. The summed E-state index contributed by atoms with van der Waals surface area (Å²) in [6, 6.07) is 2.98. The van der Waals surface area contributed by atoms with E-state index in [1.54, 1.807) is 33.8 Å². The number of benzene rings is 1. The molecule has 1 saturated heterocycles. The Bertz CT molecular complexity index is 898. The summed E-state index contributed by atoms with van der Waals surface area (Å²) in [4.78, 5) is 14.7. The number of aliphatic hydroxyl groups excluding tert-OH is 1. The molecule has 0 aromatic heterocycles. The van der Waals surface area contributed by atoms with Crippen LogP contribution in [0.4, 0.5) is 18.0 Å². The maximum atomic E-state index is 14.2. The molecular formula is C27H43AsF3NO6. The Kier molecular flexibility index (Phi) is 12.3. The van der Waals surface area contributed by atoms with E-state index in [2.05, 4.69) is 0 Å². The summed E-state index contributed by atoms with van der Waals surface area (Å²) in [6.45, 7) is 8.58. The molecule has 6 atom stereocenters. The standard InChI is InChI=1S/C27H43AsF3NO6/c1-7-8-35-20-10-18(9-19(31)12-20)11-21(28)23(33)22-13-36-24(37-16-27(6,14-29)15-30)17(2)32(22)25(34)38-26(3,4)5/h9-10,12,17,21-24,33H,7-8,11,13-16,28H2,1-6H3. The van der Waals surface area contributed by atoms with Crippen molar-refractivity contribution in [3.8, 4) is 5.75 Å². The molecular weight excluding hydrogens is 566 g/mol. The van der Waals surface area contributed by atoms with Gasteiger partial charge in [-0.25, -0.2) is 0 Å². The Labute approximate surface area is 232 Å². The van der Waals surface area contributed by atoms with Crippen LogP contribution in [0.5, 0.6) is 5.75 Å². The summed E-state index contributed by atoms with van der Waals surface area (Å²) in [5, 5.41) is 11.4. The first kappa shape index (κ1) is 32.7. The van der Waals surface area contributed by atoms with Gasteiger partial charge < -0.3 is 0 Å². The number of morpholine rings is 1. The fourth-order valence-electron chi connectivity index (χ4n) is 4.03. The molecule has 0 saturated carbocycles. The molecule has 0 radical (unpaired) electrons. The van der Waals surface area contributed by atoms with Gasteiger partial charge in [0.05, 0.1) is 0 Å². The molecule has 1 heterocycles. The number of alkyl halides is 2. The van der Waals surface area contributed by atoms with Crippen molar-refractivity contribution in [3.63, 3.8) is 0 Å². The molecule has 1 N–H and O–H groups in total. The average Bonchev–Trinajstić information content (AvgIpc) is 2.84. The van der Waals surface area contributed by atoms with Gasteiger partial charge in [-0.1, -0.05) is 0 Å². The number of ether oxygens (including phenoxy) is 4. The second kappa shape index (κ2) is 14.2. The molecule has 1 aliphatic rings. The van der Waals surface area contributed by atoms with E-state index in [4.69, 9.17) is 18.9 Å². The van der Waals surface area contributed by atoms with Crippen LogP contribution in [0.15, 0.2) is 18.2 Å². The van der Waals surface area contributed by atoms with Crippen molar-refractivity contribution in [2.75, 3.05) is 33.2 Å². The van der Waals surface area contributed by atoms with Gasteiger partial charge in [-0.05, 0) is 0 Å². The zero-order valence-corrected chi connectivity index (χ0v) is 25.6. The SMILES string of the molecule is CCCOc1cc(F)cc(CC([AsH2])C(O)C2COC(OCC(C)(CF)CF)C(C)N2C(=O)OC(C)(C)C)c1. The quantitative estimate of drug-likeness (QED) is 0.358. The van der Waals surface area contributed by atoms with Crippen LogP contribution in [0.1, 0.15) is 53.5 Å². The van der Waals surface area contributed by atoms with E-state index in [-0.39, 0.29) is 17.9 Å². The van der Waals surface area contributed by atoms with Crippen LogP contribution >= 0.6 is 0 Å². The predicted octanol–water partition coefficient (Wildman–Crippen LogP) is 4.25. The van der Waals surface area contributed by atoms with E-state index >= 15 is 0 Å². The number of nitrogens with zero attached hydrogens (tertiary/aromatic N) is 1. The predicted molar refractivity (Wildman–Crippen MR) is 141 cm³/mol. The summed E-state index contributed by atoms with van der Waals surface area (Å²) in [5.74, 6) is -0.00376. The topological polar surface area (TPSA) is 77.5 Å². The molecule has 11 heteroatoms. The van der Waals surface area contributed by atoms with Crippen LogP contribution in [0.3, 0.4) is 0 Å². The van der Waals surface area contributed by atoms with Gasteiger partial charge in [-0.2, -0.15) is 0 Å². The molecule has 1 fully saturated rings. The number of hydrogen-bond acceptors (Lipinski definition) is 6. The fourth-order valence-corrected chi connectivity index (χ4v) is 5.14. The van der Waals surface area contributed by atoms with Crippen LogP contribution in [0.2, 0.25) is 4.71 Å². The first-order valence-corrected chi connectivity index (χ1v) is 14.4. The van der Waals surface area contributed by atoms with Crippen LogP contribution in [0, 0.1) is 11.2 Å². The molecule has 218 valence electrons. The third kappa shape index (κ3) is 9.32. The van der Waals surface area contributed by atoms with Crippen LogP contribution in [0.25, 0.3) is 0 Å². The first-order chi connectivity index (χ1) is 17.7. The Morgan fingerprint density at radius 1 is 1.24 bits per heavy atom. The second-order valence-electron chi connectivity index (χ2n) is 11.3. The Hall–Kier alpha value is -1.48. The minimum absolute atomic E-state index is 0.0776. The molecule has 1 aliphatic heterocycles. The van der Waals surface area contributed by atoms with Gasteiger partial charge in [0.1, 0.15) is 0 Å². The van der Waals surface area contributed by atoms with E-state index in [1.165, 1.54) is 40.8 Å². The van der Waals surface area contributed by atoms with E-state index in [1.807, 2.05) is 6.92 Å². The molecule has 6 unspecified atom stereocenters. The van der Waals surface area contributed by atoms with Gasteiger partial charge in [0.15, 0.2) is 0 Å². The molecule has 0 aliphatic carbocycles. The first-order valence-electron chi connectivity index (χ1n) is 13.0. The normalized spacial score (nSPS) is 22.2. The molecule has 0 spiro atoms. The van der Waals surface area contributed by atoms with Crippen LogP contribution in [-0.2, 0) is 20.6 Å². The van der Waals surface area contributed by atoms with Crippen molar-refractivity contribution in [3.05, 3.63) is 29.6 Å². The number of rotatable bonds is 12. The second-order valence-corrected chi connectivity index (χ2v) is 13.1. The van der Waals surface area contributed by atoms with Crippen LogP contribution < -0.4 is 4.74 Å². The van der Waals surface area contributed by atoms with Crippen molar-refractivity contribution in [2.45, 2.75) is 89.2 Å². The van der Waals surface area contributed by atoms with Gasteiger partial charge >= 0.3 is 233 Å². The van der Waals surface area contributed by atoms with E-state index in [0.717, 1.165) is 6.42 Å². The molecule has 2 rings (SSSR count). The van der Waals surface area contributed by atoms with E-state index < -0.39 is 60.8 Å². The van der Waals surface area contributed by atoms with Gasteiger partial charge in [-0.15, -0.1) is 0 Å². The number of amides is 1. The minimum atomic E-state index is -1.32.